The van der Waals surface area contributed by atoms with Crippen molar-refractivity contribution < 1.29 is 14.3 Å². The number of benzene rings is 1. The van der Waals surface area contributed by atoms with E-state index in [0.717, 1.165) is 36.1 Å². The Morgan fingerprint density at radius 1 is 1.31 bits per heavy atom. The molecule has 5 heteroatoms. The fraction of sp³-hybridized carbons (Fsp3) is 0.524. The van der Waals surface area contributed by atoms with Gasteiger partial charge < -0.3 is 14.5 Å². The molecular weight excluding hydrogens is 328 g/mol. The van der Waals surface area contributed by atoms with E-state index in [1.54, 1.807) is 11.0 Å². The van der Waals surface area contributed by atoms with Gasteiger partial charge in [0.05, 0.1) is 0 Å². The number of carbonyl (C=O) groups excluding carboxylic acids is 2. The Balaban J connectivity index is 1.53. The maximum absolute atomic E-state index is 12.7. The highest BCUT2D eigenvalue weighted by Crippen LogP contribution is 2.28. The van der Waals surface area contributed by atoms with Gasteiger partial charge in [-0.05, 0) is 56.7 Å². The minimum Gasteiger partial charge on any atom is -0.444 e. The first-order valence-electron chi connectivity index (χ1n) is 9.29. The number of ether oxygens (including phenoxy) is 1. The summed E-state index contributed by atoms with van der Waals surface area (Å²) >= 11 is 0. The minimum atomic E-state index is -0.466. The molecule has 3 rings (SSSR count). The van der Waals surface area contributed by atoms with Gasteiger partial charge in [0.25, 0.3) is 5.91 Å². The number of likely N-dealkylation sites (tertiary alicyclic amines) is 1. The molecular formula is C21H28N2O3. The van der Waals surface area contributed by atoms with E-state index in [1.807, 2.05) is 43.9 Å². The summed E-state index contributed by atoms with van der Waals surface area (Å²) in [6.07, 6.45) is 3.33. The van der Waals surface area contributed by atoms with E-state index in [9.17, 15) is 9.59 Å². The van der Waals surface area contributed by atoms with Crippen molar-refractivity contribution in [3.8, 4) is 0 Å². The first-order chi connectivity index (χ1) is 12.3. The molecule has 0 aliphatic carbocycles. The second-order valence-electron chi connectivity index (χ2n) is 8.22. The van der Waals surface area contributed by atoms with Crippen LogP contribution in [-0.2, 0) is 11.3 Å². The van der Waals surface area contributed by atoms with Crippen LogP contribution < -0.4 is 0 Å². The lowest BCUT2D eigenvalue weighted by atomic mass is 9.96. The summed E-state index contributed by atoms with van der Waals surface area (Å²) in [5.41, 5.74) is 2.40. The molecule has 1 saturated heterocycles. The van der Waals surface area contributed by atoms with E-state index in [-0.39, 0.29) is 12.0 Å². The van der Waals surface area contributed by atoms with Crippen LogP contribution in [0.15, 0.2) is 24.8 Å². The number of hydrogen-bond acceptors (Lipinski definition) is 3. The zero-order valence-electron chi connectivity index (χ0n) is 16.0. The zero-order chi connectivity index (χ0) is 18.9. The summed E-state index contributed by atoms with van der Waals surface area (Å²) in [7, 11) is 0. The monoisotopic (exact) mass is 356 g/mol. The average molecular weight is 356 g/mol. The summed E-state index contributed by atoms with van der Waals surface area (Å²) < 4.78 is 5.44. The Kier molecular flexibility index (Phi) is 5.08. The van der Waals surface area contributed by atoms with Crippen molar-refractivity contribution in [2.75, 3.05) is 19.6 Å². The Morgan fingerprint density at radius 2 is 2.00 bits per heavy atom. The lowest BCUT2D eigenvalue weighted by Crippen LogP contribution is -2.43. The van der Waals surface area contributed by atoms with E-state index < -0.39 is 5.60 Å². The molecule has 2 aliphatic rings. The quantitative estimate of drug-likeness (QED) is 0.824. The van der Waals surface area contributed by atoms with Crippen molar-refractivity contribution in [2.24, 2.45) is 5.92 Å². The number of nitrogens with zero attached hydrogens (tertiary/aromatic N) is 2. The highest BCUT2D eigenvalue weighted by molar-refractivity contribution is 5.98. The second kappa shape index (κ2) is 7.14. The first kappa shape index (κ1) is 18.5. The van der Waals surface area contributed by atoms with Crippen LogP contribution in [0.2, 0.25) is 0 Å². The number of fused-ring (bicyclic) bond motifs is 1. The molecule has 140 valence electrons. The van der Waals surface area contributed by atoms with Gasteiger partial charge in [0.2, 0.25) is 0 Å². The van der Waals surface area contributed by atoms with Gasteiger partial charge in [-0.2, -0.15) is 0 Å². The number of amides is 2. The van der Waals surface area contributed by atoms with Crippen molar-refractivity contribution in [2.45, 2.75) is 45.8 Å². The Labute approximate surface area is 155 Å². The SMILES string of the molecule is C=Cc1ccc2c(c1)C(=O)N(CC1CCN(C(=O)OC(C)(C)C)CC1)C2. The molecule has 2 aliphatic heterocycles. The average Bonchev–Trinajstić information content (AvgIpc) is 2.89. The van der Waals surface area contributed by atoms with Gasteiger partial charge in [0, 0.05) is 31.7 Å². The summed E-state index contributed by atoms with van der Waals surface area (Å²) in [6, 6.07) is 5.95. The molecule has 0 unspecified atom stereocenters. The molecule has 2 heterocycles. The van der Waals surface area contributed by atoms with Gasteiger partial charge in [-0.25, -0.2) is 4.79 Å². The molecule has 0 bridgehead atoms. The maximum atomic E-state index is 12.7. The van der Waals surface area contributed by atoms with Crippen molar-refractivity contribution in [3.63, 3.8) is 0 Å². The number of carbonyl (C=O) groups is 2. The number of hydrogen-bond donors (Lipinski definition) is 0. The second-order valence-corrected chi connectivity index (χ2v) is 8.22. The van der Waals surface area contributed by atoms with Crippen molar-refractivity contribution in [1.82, 2.24) is 9.80 Å². The molecule has 1 aromatic rings. The molecule has 1 aromatic carbocycles. The molecule has 0 saturated carbocycles. The smallest absolute Gasteiger partial charge is 0.410 e. The fourth-order valence-electron chi connectivity index (χ4n) is 3.59. The van der Waals surface area contributed by atoms with E-state index in [4.69, 9.17) is 4.74 Å². The first-order valence-corrected chi connectivity index (χ1v) is 9.29. The zero-order valence-corrected chi connectivity index (χ0v) is 16.0. The molecule has 0 N–H and O–H groups in total. The van der Waals surface area contributed by atoms with E-state index in [2.05, 4.69) is 6.58 Å². The molecule has 2 amide bonds. The van der Waals surface area contributed by atoms with Gasteiger partial charge in [-0.15, -0.1) is 0 Å². The third-order valence-electron chi connectivity index (χ3n) is 4.99. The molecule has 1 fully saturated rings. The highest BCUT2D eigenvalue weighted by atomic mass is 16.6. The van der Waals surface area contributed by atoms with Crippen LogP contribution >= 0.6 is 0 Å². The van der Waals surface area contributed by atoms with Gasteiger partial charge in [-0.1, -0.05) is 24.8 Å². The van der Waals surface area contributed by atoms with Crippen LogP contribution in [0.4, 0.5) is 4.79 Å². The third kappa shape index (κ3) is 4.09. The molecule has 0 aromatic heterocycles. The van der Waals surface area contributed by atoms with Gasteiger partial charge in [-0.3, -0.25) is 4.79 Å². The van der Waals surface area contributed by atoms with E-state index >= 15 is 0 Å². The van der Waals surface area contributed by atoms with Crippen LogP contribution in [0.1, 0.15) is 55.1 Å². The maximum Gasteiger partial charge on any atom is 0.410 e. The van der Waals surface area contributed by atoms with Gasteiger partial charge in [0.15, 0.2) is 0 Å². The Bertz CT molecular complexity index is 712. The minimum absolute atomic E-state index is 0.110. The summed E-state index contributed by atoms with van der Waals surface area (Å²) in [5.74, 6) is 0.532. The highest BCUT2D eigenvalue weighted by Gasteiger charge is 2.32. The van der Waals surface area contributed by atoms with Crippen LogP contribution in [0.3, 0.4) is 0 Å². The topological polar surface area (TPSA) is 49.9 Å². The normalized spacial score (nSPS) is 18.0. The van der Waals surface area contributed by atoms with Crippen LogP contribution in [0.25, 0.3) is 6.08 Å². The molecule has 0 radical (unpaired) electrons. The predicted octanol–water partition coefficient (Wildman–Crippen LogP) is 3.93. The Hall–Kier alpha value is -2.30. The molecule has 0 atom stereocenters. The van der Waals surface area contributed by atoms with Crippen molar-refractivity contribution in [3.05, 3.63) is 41.5 Å². The van der Waals surface area contributed by atoms with Crippen molar-refractivity contribution in [1.29, 1.82) is 0 Å². The fourth-order valence-corrected chi connectivity index (χ4v) is 3.59. The summed E-state index contributed by atoms with van der Waals surface area (Å²) in [5, 5.41) is 0. The number of rotatable bonds is 3. The molecule has 5 nitrogen and oxygen atoms in total. The summed E-state index contributed by atoms with van der Waals surface area (Å²) in [4.78, 5) is 28.5. The van der Waals surface area contributed by atoms with E-state index in [0.29, 0.717) is 25.6 Å². The van der Waals surface area contributed by atoms with Gasteiger partial charge in [0.1, 0.15) is 5.60 Å². The lowest BCUT2D eigenvalue weighted by Gasteiger charge is -2.34. The standard InChI is InChI=1S/C21H28N2O3/c1-5-15-6-7-17-14-23(19(24)18(17)12-15)13-16-8-10-22(11-9-16)20(25)26-21(2,3)4/h5-7,12,16H,1,8-11,13-14H2,2-4H3. The lowest BCUT2D eigenvalue weighted by molar-refractivity contribution is 0.0167. The molecule has 26 heavy (non-hydrogen) atoms. The summed E-state index contributed by atoms with van der Waals surface area (Å²) in [6.45, 7) is 12.2. The van der Waals surface area contributed by atoms with Crippen LogP contribution in [0.5, 0.6) is 0 Å². The van der Waals surface area contributed by atoms with E-state index in [1.165, 1.54) is 0 Å². The molecule has 0 spiro atoms. The van der Waals surface area contributed by atoms with Crippen LogP contribution in [0, 0.1) is 5.92 Å². The van der Waals surface area contributed by atoms with Crippen molar-refractivity contribution >= 4 is 18.1 Å². The van der Waals surface area contributed by atoms with Gasteiger partial charge >= 0.3 is 6.09 Å². The predicted molar refractivity (Wildman–Crippen MR) is 102 cm³/mol. The van der Waals surface area contributed by atoms with Crippen LogP contribution in [-0.4, -0.2) is 47.0 Å². The largest absolute Gasteiger partial charge is 0.444 e. The third-order valence-corrected chi connectivity index (χ3v) is 4.99. The number of piperidine rings is 1. The Morgan fingerprint density at radius 3 is 2.62 bits per heavy atom.